The van der Waals surface area contributed by atoms with Gasteiger partial charge in [0.05, 0.1) is 6.10 Å². The summed E-state index contributed by atoms with van der Waals surface area (Å²) in [4.78, 5) is 17.9. The molecule has 0 radical (unpaired) electrons. The lowest BCUT2D eigenvalue weighted by Gasteiger charge is -2.32. The van der Waals surface area contributed by atoms with E-state index >= 15 is 0 Å². The van der Waals surface area contributed by atoms with Crippen LogP contribution in [-0.4, -0.2) is 60.9 Å². The van der Waals surface area contributed by atoms with Crippen LogP contribution in [0.5, 0.6) is 5.88 Å². The molecule has 0 aliphatic carbocycles. The molecule has 25 heavy (non-hydrogen) atoms. The van der Waals surface area contributed by atoms with Crippen LogP contribution < -0.4 is 10.5 Å². The first-order valence-electron chi connectivity index (χ1n) is 8.16. The van der Waals surface area contributed by atoms with E-state index < -0.39 is 12.8 Å². The molecule has 0 bridgehead atoms. The van der Waals surface area contributed by atoms with Gasteiger partial charge in [-0.2, -0.15) is 13.2 Å². The summed E-state index contributed by atoms with van der Waals surface area (Å²) in [6, 6.07) is 2.92. The highest BCUT2D eigenvalue weighted by Gasteiger charge is 2.31. The number of nitrogens with zero attached hydrogens (tertiary/aromatic N) is 2. The van der Waals surface area contributed by atoms with E-state index in [4.69, 9.17) is 10.5 Å². The lowest BCUT2D eigenvalue weighted by atomic mass is 10.1. The Hall–Kier alpha value is -1.87. The molecule has 6 nitrogen and oxygen atoms in total. The quantitative estimate of drug-likeness (QED) is 0.752. The fourth-order valence-corrected chi connectivity index (χ4v) is 2.55. The number of halogens is 3. The number of carbonyl (C=O) groups is 1. The number of alkyl halides is 3. The van der Waals surface area contributed by atoms with Gasteiger partial charge in [-0.15, -0.1) is 0 Å². The van der Waals surface area contributed by atoms with Crippen molar-refractivity contribution in [2.75, 3.05) is 32.8 Å². The van der Waals surface area contributed by atoms with E-state index in [0.29, 0.717) is 39.1 Å². The maximum atomic E-state index is 12.6. The second-order valence-corrected chi connectivity index (χ2v) is 5.76. The number of pyridine rings is 1. The van der Waals surface area contributed by atoms with Crippen LogP contribution in [0.1, 0.15) is 29.6 Å². The number of hydrogen-bond acceptors (Lipinski definition) is 5. The second kappa shape index (κ2) is 9.00. The third-order valence-electron chi connectivity index (χ3n) is 3.81. The van der Waals surface area contributed by atoms with Crippen LogP contribution in [0.15, 0.2) is 18.3 Å². The summed E-state index contributed by atoms with van der Waals surface area (Å²) >= 11 is 0. The second-order valence-electron chi connectivity index (χ2n) is 5.76. The average molecular weight is 361 g/mol. The Labute approximate surface area is 144 Å². The van der Waals surface area contributed by atoms with E-state index in [0.717, 1.165) is 6.42 Å². The van der Waals surface area contributed by atoms with Gasteiger partial charge in [0.2, 0.25) is 5.88 Å². The van der Waals surface area contributed by atoms with Crippen molar-refractivity contribution in [3.63, 3.8) is 0 Å². The largest absolute Gasteiger partial charge is 0.467 e. The van der Waals surface area contributed by atoms with Crippen LogP contribution in [0.3, 0.4) is 0 Å². The topological polar surface area (TPSA) is 77.7 Å². The minimum absolute atomic E-state index is 0.0363. The summed E-state index contributed by atoms with van der Waals surface area (Å²) < 4.78 is 47.3. The van der Waals surface area contributed by atoms with E-state index in [1.54, 1.807) is 4.90 Å². The Morgan fingerprint density at radius 2 is 2.08 bits per heavy atom. The Kier molecular flexibility index (Phi) is 7.01. The van der Waals surface area contributed by atoms with Gasteiger partial charge in [-0.3, -0.25) is 4.79 Å². The first-order chi connectivity index (χ1) is 11.9. The van der Waals surface area contributed by atoms with Crippen molar-refractivity contribution in [2.24, 2.45) is 5.73 Å². The number of likely N-dealkylation sites (tertiary alicyclic amines) is 1. The summed E-state index contributed by atoms with van der Waals surface area (Å²) in [5.74, 6) is -0.683. The van der Waals surface area contributed by atoms with E-state index in [1.165, 1.54) is 18.3 Å². The molecule has 0 spiro atoms. The van der Waals surface area contributed by atoms with Crippen molar-refractivity contribution in [3.05, 3.63) is 23.9 Å². The number of piperidine rings is 1. The molecule has 1 aliphatic rings. The normalized spacial score (nSPS) is 16.1. The number of aromatic nitrogens is 1. The van der Waals surface area contributed by atoms with Gasteiger partial charge in [0, 0.05) is 25.9 Å². The molecule has 140 valence electrons. The van der Waals surface area contributed by atoms with Gasteiger partial charge in [0.15, 0.2) is 6.61 Å². The van der Waals surface area contributed by atoms with Gasteiger partial charge in [0.1, 0.15) is 5.56 Å². The van der Waals surface area contributed by atoms with Crippen molar-refractivity contribution in [3.8, 4) is 5.88 Å². The maximum Gasteiger partial charge on any atom is 0.422 e. The molecule has 1 aliphatic heterocycles. The van der Waals surface area contributed by atoms with Gasteiger partial charge >= 0.3 is 6.18 Å². The van der Waals surface area contributed by atoms with Gasteiger partial charge in [-0.25, -0.2) is 4.98 Å². The summed E-state index contributed by atoms with van der Waals surface area (Å²) in [5, 5.41) is 0. The Balaban J connectivity index is 1.93. The standard InChI is InChI=1S/C16H22F3N3O3/c17-16(18,19)11-25-14-13(3-1-7-21-14)15(23)22-8-4-12(5-9-22)24-10-2-6-20/h1,3,7,12H,2,4-6,8-11,20H2. The maximum absolute atomic E-state index is 12.6. The zero-order chi connectivity index (χ0) is 18.3. The third kappa shape index (κ3) is 6.17. The van der Waals surface area contributed by atoms with E-state index in [2.05, 4.69) is 9.72 Å². The van der Waals surface area contributed by atoms with Gasteiger partial charge < -0.3 is 20.1 Å². The van der Waals surface area contributed by atoms with E-state index in [-0.39, 0.29) is 23.5 Å². The zero-order valence-corrected chi connectivity index (χ0v) is 13.8. The number of nitrogens with two attached hydrogens (primary N) is 1. The SMILES string of the molecule is NCCCOC1CCN(C(=O)c2cccnc2OCC(F)(F)F)CC1. The molecule has 2 rings (SSSR count). The van der Waals surface area contributed by atoms with Crippen LogP contribution in [0, 0.1) is 0 Å². The fourth-order valence-electron chi connectivity index (χ4n) is 2.55. The third-order valence-corrected chi connectivity index (χ3v) is 3.81. The first-order valence-corrected chi connectivity index (χ1v) is 8.16. The van der Waals surface area contributed by atoms with Gasteiger partial charge in [0.25, 0.3) is 5.91 Å². The van der Waals surface area contributed by atoms with E-state index in [9.17, 15) is 18.0 Å². The van der Waals surface area contributed by atoms with Crippen molar-refractivity contribution in [1.82, 2.24) is 9.88 Å². The molecule has 1 amide bonds. The van der Waals surface area contributed by atoms with Crippen LogP contribution in [0.4, 0.5) is 13.2 Å². The number of hydrogen-bond donors (Lipinski definition) is 1. The fraction of sp³-hybridized carbons (Fsp3) is 0.625. The summed E-state index contributed by atoms with van der Waals surface area (Å²) in [5.41, 5.74) is 5.45. The predicted molar refractivity (Wildman–Crippen MR) is 84.3 cm³/mol. The molecule has 1 fully saturated rings. The van der Waals surface area contributed by atoms with Crippen molar-refractivity contribution in [1.29, 1.82) is 0 Å². The summed E-state index contributed by atoms with van der Waals surface area (Å²) in [6.45, 7) is 0.618. The van der Waals surface area contributed by atoms with Crippen LogP contribution in [-0.2, 0) is 4.74 Å². The Bertz CT molecular complexity index is 561. The Morgan fingerprint density at radius 1 is 1.36 bits per heavy atom. The highest BCUT2D eigenvalue weighted by molar-refractivity contribution is 5.96. The summed E-state index contributed by atoms with van der Waals surface area (Å²) in [6.07, 6.45) is -0.985. The Morgan fingerprint density at radius 3 is 2.72 bits per heavy atom. The van der Waals surface area contributed by atoms with Crippen LogP contribution in [0.2, 0.25) is 0 Å². The van der Waals surface area contributed by atoms with Crippen LogP contribution >= 0.6 is 0 Å². The first kappa shape index (κ1) is 19.5. The highest BCUT2D eigenvalue weighted by Crippen LogP contribution is 2.23. The minimum Gasteiger partial charge on any atom is -0.467 e. The monoisotopic (exact) mass is 361 g/mol. The molecule has 9 heteroatoms. The number of ether oxygens (including phenoxy) is 2. The number of carbonyl (C=O) groups excluding carboxylic acids is 1. The average Bonchev–Trinajstić information content (AvgIpc) is 2.60. The van der Waals surface area contributed by atoms with Gasteiger partial charge in [-0.05, 0) is 37.9 Å². The molecule has 0 aromatic carbocycles. The molecule has 1 aromatic heterocycles. The molecular formula is C16H22F3N3O3. The smallest absolute Gasteiger partial charge is 0.422 e. The zero-order valence-electron chi connectivity index (χ0n) is 13.8. The summed E-state index contributed by atoms with van der Waals surface area (Å²) in [7, 11) is 0. The molecule has 1 aromatic rings. The van der Waals surface area contributed by atoms with Crippen molar-refractivity contribution in [2.45, 2.75) is 31.5 Å². The molecule has 2 N–H and O–H groups in total. The number of amides is 1. The molecule has 0 saturated carbocycles. The van der Waals surface area contributed by atoms with Crippen molar-refractivity contribution < 1.29 is 27.4 Å². The van der Waals surface area contributed by atoms with Crippen LogP contribution in [0.25, 0.3) is 0 Å². The molecule has 0 atom stereocenters. The van der Waals surface area contributed by atoms with Gasteiger partial charge in [-0.1, -0.05) is 0 Å². The molecule has 2 heterocycles. The molecule has 0 unspecified atom stereocenters. The lowest BCUT2D eigenvalue weighted by molar-refractivity contribution is -0.154. The highest BCUT2D eigenvalue weighted by atomic mass is 19.4. The molecule has 1 saturated heterocycles. The van der Waals surface area contributed by atoms with E-state index in [1.807, 2.05) is 0 Å². The lowest BCUT2D eigenvalue weighted by Crippen LogP contribution is -2.41. The predicted octanol–water partition coefficient (Wildman–Crippen LogP) is 1.99. The van der Waals surface area contributed by atoms with Crippen molar-refractivity contribution >= 4 is 5.91 Å². The minimum atomic E-state index is -4.49. The number of rotatable bonds is 7. The molecular weight excluding hydrogens is 339 g/mol.